The monoisotopic (exact) mass is 357 g/mol. The SMILES string of the molecule is ClCCc1cn(Cc2cc3c(cc2Br)OCCO3)nn1. The van der Waals surface area contributed by atoms with Crippen molar-refractivity contribution in [3.8, 4) is 11.5 Å². The van der Waals surface area contributed by atoms with Crippen LogP contribution in [0, 0.1) is 0 Å². The predicted octanol–water partition coefficient (Wildman–Crippen LogP) is 2.64. The summed E-state index contributed by atoms with van der Waals surface area (Å²) < 4.78 is 13.9. The molecule has 2 aromatic rings. The van der Waals surface area contributed by atoms with Gasteiger partial charge in [0.25, 0.3) is 0 Å². The number of aryl methyl sites for hydroxylation is 1. The number of hydrogen-bond donors (Lipinski definition) is 0. The third-order valence-corrected chi connectivity index (χ3v) is 3.91. The molecule has 0 aliphatic carbocycles. The fourth-order valence-electron chi connectivity index (χ4n) is 2.03. The number of alkyl halides is 1. The zero-order valence-corrected chi connectivity index (χ0v) is 13.0. The number of aromatic nitrogens is 3. The number of halogens is 2. The molecule has 2 heterocycles. The number of rotatable bonds is 4. The largest absolute Gasteiger partial charge is 0.486 e. The minimum Gasteiger partial charge on any atom is -0.486 e. The fourth-order valence-corrected chi connectivity index (χ4v) is 2.67. The lowest BCUT2D eigenvalue weighted by Crippen LogP contribution is -2.16. The molecular weight excluding hydrogens is 346 g/mol. The van der Waals surface area contributed by atoms with Gasteiger partial charge in [0.1, 0.15) is 13.2 Å². The van der Waals surface area contributed by atoms with Crippen LogP contribution in [-0.2, 0) is 13.0 Å². The summed E-state index contributed by atoms with van der Waals surface area (Å²) in [6.07, 6.45) is 2.63. The number of ether oxygens (including phenoxy) is 2. The summed E-state index contributed by atoms with van der Waals surface area (Å²) in [6, 6.07) is 3.90. The van der Waals surface area contributed by atoms with Crippen molar-refractivity contribution in [1.82, 2.24) is 15.0 Å². The van der Waals surface area contributed by atoms with Crippen LogP contribution in [0.2, 0.25) is 0 Å². The molecule has 1 aromatic heterocycles. The second-order valence-corrected chi connectivity index (χ2v) is 5.67. The van der Waals surface area contributed by atoms with Crippen LogP contribution in [0.15, 0.2) is 22.8 Å². The second kappa shape index (κ2) is 6.01. The Labute approximate surface area is 130 Å². The maximum absolute atomic E-state index is 5.70. The van der Waals surface area contributed by atoms with Gasteiger partial charge in [-0.3, -0.25) is 0 Å². The van der Waals surface area contributed by atoms with Gasteiger partial charge in [-0.2, -0.15) is 0 Å². The van der Waals surface area contributed by atoms with E-state index in [9.17, 15) is 0 Å². The highest BCUT2D eigenvalue weighted by atomic mass is 79.9. The Hall–Kier alpha value is -1.27. The van der Waals surface area contributed by atoms with Gasteiger partial charge < -0.3 is 9.47 Å². The van der Waals surface area contributed by atoms with Gasteiger partial charge in [0.05, 0.1) is 12.2 Å². The maximum Gasteiger partial charge on any atom is 0.162 e. The van der Waals surface area contributed by atoms with Gasteiger partial charge in [0.15, 0.2) is 11.5 Å². The molecule has 20 heavy (non-hydrogen) atoms. The lowest BCUT2D eigenvalue weighted by atomic mass is 10.2. The fraction of sp³-hybridized carbons (Fsp3) is 0.385. The van der Waals surface area contributed by atoms with Gasteiger partial charge in [-0.25, -0.2) is 4.68 Å². The third kappa shape index (κ3) is 2.91. The Morgan fingerprint density at radius 1 is 1.25 bits per heavy atom. The molecule has 1 aromatic carbocycles. The van der Waals surface area contributed by atoms with Crippen molar-refractivity contribution >= 4 is 27.5 Å². The molecule has 0 spiro atoms. The Morgan fingerprint density at radius 3 is 2.75 bits per heavy atom. The summed E-state index contributed by atoms with van der Waals surface area (Å²) in [5.74, 6) is 2.09. The van der Waals surface area contributed by atoms with E-state index in [1.807, 2.05) is 18.3 Å². The highest BCUT2D eigenvalue weighted by molar-refractivity contribution is 9.10. The average Bonchev–Trinajstić information content (AvgIpc) is 2.87. The molecule has 0 fully saturated rings. The molecule has 0 saturated heterocycles. The first-order valence-corrected chi connectivity index (χ1v) is 7.62. The maximum atomic E-state index is 5.70. The molecule has 0 unspecified atom stereocenters. The Morgan fingerprint density at radius 2 is 2.00 bits per heavy atom. The van der Waals surface area contributed by atoms with Crippen molar-refractivity contribution in [1.29, 1.82) is 0 Å². The standard InChI is InChI=1S/C13H13BrClN3O2/c14-11-6-13-12(19-3-4-20-13)5-9(11)7-18-8-10(1-2-15)16-17-18/h5-6,8H,1-4,7H2. The van der Waals surface area contributed by atoms with Crippen molar-refractivity contribution in [2.75, 3.05) is 19.1 Å². The highest BCUT2D eigenvalue weighted by Crippen LogP contribution is 2.35. The van der Waals surface area contributed by atoms with Gasteiger partial charge in [-0.15, -0.1) is 16.7 Å². The number of benzene rings is 1. The molecule has 3 rings (SSSR count). The molecule has 0 atom stereocenters. The zero-order valence-electron chi connectivity index (χ0n) is 10.7. The molecule has 0 bridgehead atoms. The highest BCUT2D eigenvalue weighted by Gasteiger charge is 2.15. The summed E-state index contributed by atoms with van der Waals surface area (Å²) >= 11 is 9.25. The van der Waals surface area contributed by atoms with Crippen molar-refractivity contribution in [2.45, 2.75) is 13.0 Å². The molecule has 0 saturated carbocycles. The summed E-state index contributed by atoms with van der Waals surface area (Å²) in [5, 5.41) is 8.17. The van der Waals surface area contributed by atoms with E-state index in [2.05, 4.69) is 26.2 Å². The van der Waals surface area contributed by atoms with Gasteiger partial charge in [0, 0.05) is 23.0 Å². The smallest absolute Gasteiger partial charge is 0.162 e. The first-order valence-electron chi connectivity index (χ1n) is 6.29. The summed E-state index contributed by atoms with van der Waals surface area (Å²) in [4.78, 5) is 0. The van der Waals surface area contributed by atoms with E-state index < -0.39 is 0 Å². The molecule has 0 radical (unpaired) electrons. The molecule has 7 heteroatoms. The number of hydrogen-bond acceptors (Lipinski definition) is 4. The van der Waals surface area contributed by atoms with Crippen LogP contribution in [0.5, 0.6) is 11.5 Å². The molecule has 106 valence electrons. The first kappa shape index (κ1) is 13.7. The number of nitrogens with zero attached hydrogens (tertiary/aromatic N) is 3. The molecular formula is C13H13BrClN3O2. The van der Waals surface area contributed by atoms with E-state index >= 15 is 0 Å². The average molecular weight is 359 g/mol. The van der Waals surface area contributed by atoms with Crippen LogP contribution < -0.4 is 9.47 Å². The van der Waals surface area contributed by atoms with Crippen LogP contribution >= 0.6 is 27.5 Å². The van der Waals surface area contributed by atoms with E-state index in [-0.39, 0.29) is 0 Å². The second-order valence-electron chi connectivity index (χ2n) is 4.43. The Bertz CT molecular complexity index is 618. The van der Waals surface area contributed by atoms with Gasteiger partial charge >= 0.3 is 0 Å². The Balaban J connectivity index is 1.82. The summed E-state index contributed by atoms with van der Waals surface area (Å²) in [5.41, 5.74) is 1.96. The number of fused-ring (bicyclic) bond motifs is 1. The predicted molar refractivity (Wildman–Crippen MR) is 78.7 cm³/mol. The Kier molecular flexibility index (Phi) is 4.12. The van der Waals surface area contributed by atoms with Crippen molar-refractivity contribution < 1.29 is 9.47 Å². The lowest BCUT2D eigenvalue weighted by Gasteiger charge is -2.19. The topological polar surface area (TPSA) is 49.2 Å². The quantitative estimate of drug-likeness (QED) is 0.789. The van der Waals surface area contributed by atoms with Crippen molar-refractivity contribution in [3.63, 3.8) is 0 Å². The van der Waals surface area contributed by atoms with Crippen LogP contribution in [0.25, 0.3) is 0 Å². The first-order chi connectivity index (χ1) is 9.76. The summed E-state index contributed by atoms with van der Waals surface area (Å²) in [7, 11) is 0. The van der Waals surface area contributed by atoms with Crippen LogP contribution in [0.3, 0.4) is 0 Å². The normalized spacial score (nSPS) is 13.5. The van der Waals surface area contributed by atoms with Crippen LogP contribution in [0.1, 0.15) is 11.3 Å². The van der Waals surface area contributed by atoms with Crippen LogP contribution in [0.4, 0.5) is 0 Å². The van der Waals surface area contributed by atoms with Gasteiger partial charge in [-0.05, 0) is 17.7 Å². The summed E-state index contributed by atoms with van der Waals surface area (Å²) in [6.45, 7) is 1.79. The van der Waals surface area contributed by atoms with E-state index in [0.29, 0.717) is 25.6 Å². The lowest BCUT2D eigenvalue weighted by molar-refractivity contribution is 0.171. The minimum atomic E-state index is 0.548. The molecule has 5 nitrogen and oxygen atoms in total. The van der Waals surface area contributed by atoms with Gasteiger partial charge in [0.2, 0.25) is 0 Å². The van der Waals surface area contributed by atoms with Crippen molar-refractivity contribution in [2.24, 2.45) is 0 Å². The van der Waals surface area contributed by atoms with Gasteiger partial charge in [-0.1, -0.05) is 21.1 Å². The third-order valence-electron chi connectivity index (χ3n) is 2.98. The van der Waals surface area contributed by atoms with E-state index in [0.717, 1.165) is 33.6 Å². The minimum absolute atomic E-state index is 0.548. The van der Waals surface area contributed by atoms with E-state index in [4.69, 9.17) is 21.1 Å². The molecule has 1 aliphatic rings. The van der Waals surface area contributed by atoms with Crippen LogP contribution in [-0.4, -0.2) is 34.1 Å². The molecule has 0 amide bonds. The van der Waals surface area contributed by atoms with Crippen molar-refractivity contribution in [3.05, 3.63) is 34.1 Å². The molecule has 1 aliphatic heterocycles. The van der Waals surface area contributed by atoms with E-state index in [1.165, 1.54) is 0 Å². The zero-order chi connectivity index (χ0) is 13.9. The van der Waals surface area contributed by atoms with E-state index in [1.54, 1.807) is 4.68 Å². The molecule has 0 N–H and O–H groups in total.